The summed E-state index contributed by atoms with van der Waals surface area (Å²) in [5.74, 6) is 0.0861. The van der Waals surface area contributed by atoms with Gasteiger partial charge in [0.2, 0.25) is 5.91 Å². The third-order valence-electron chi connectivity index (χ3n) is 5.58. The summed E-state index contributed by atoms with van der Waals surface area (Å²) < 4.78 is 5.37. The molecule has 2 aromatic carbocycles. The molecule has 0 saturated carbocycles. The van der Waals surface area contributed by atoms with E-state index in [9.17, 15) is 9.59 Å². The number of nitrogens with zero attached hydrogens (tertiary/aromatic N) is 2. The number of carbonyl (C=O) groups is 2. The molecule has 0 bridgehead atoms. The fourth-order valence-corrected chi connectivity index (χ4v) is 4.71. The van der Waals surface area contributed by atoms with E-state index >= 15 is 0 Å². The predicted molar refractivity (Wildman–Crippen MR) is 134 cm³/mol. The van der Waals surface area contributed by atoms with Crippen LogP contribution in [0.5, 0.6) is 0 Å². The van der Waals surface area contributed by atoms with Gasteiger partial charge in [-0.1, -0.05) is 49.4 Å². The van der Waals surface area contributed by atoms with Gasteiger partial charge in [0.25, 0.3) is 5.91 Å². The van der Waals surface area contributed by atoms with Gasteiger partial charge in [-0.3, -0.25) is 14.5 Å². The molecule has 0 radical (unpaired) electrons. The van der Waals surface area contributed by atoms with Gasteiger partial charge in [0, 0.05) is 5.69 Å². The predicted octanol–water partition coefficient (Wildman–Crippen LogP) is 5.62. The van der Waals surface area contributed by atoms with Gasteiger partial charge in [-0.2, -0.15) is 0 Å². The zero-order valence-electron chi connectivity index (χ0n) is 19.4. The fourth-order valence-electron chi connectivity index (χ4n) is 3.85. The molecule has 34 heavy (non-hydrogen) atoms. The van der Waals surface area contributed by atoms with Crippen LogP contribution in [0.1, 0.15) is 50.2 Å². The minimum Gasteiger partial charge on any atom is -0.467 e. The van der Waals surface area contributed by atoms with E-state index in [2.05, 4.69) is 17.2 Å². The Bertz CT molecular complexity index is 1250. The smallest absolute Gasteiger partial charge is 0.271 e. The standard InChI is InChI=1S/C27H27N3O3S/c1-4-20-12-14-22(15-13-20)30(27(32)25-18(2)29-19(3)34-25)24(21-9-6-5-7-10-21)26(31)28-17-23-11-8-16-33-23/h5-16,24H,4,17H2,1-3H3,(H,28,31)/t24-/m0/s1. The molecule has 1 atom stereocenters. The van der Waals surface area contributed by atoms with Crippen molar-refractivity contribution in [3.8, 4) is 0 Å². The van der Waals surface area contributed by atoms with Gasteiger partial charge in [0.05, 0.1) is 23.5 Å². The number of amides is 2. The van der Waals surface area contributed by atoms with Gasteiger partial charge in [0.1, 0.15) is 16.7 Å². The molecule has 2 amide bonds. The summed E-state index contributed by atoms with van der Waals surface area (Å²) in [7, 11) is 0. The quantitative estimate of drug-likeness (QED) is 0.360. The minimum atomic E-state index is -0.877. The fraction of sp³-hybridized carbons (Fsp3) is 0.222. The highest BCUT2D eigenvalue weighted by molar-refractivity contribution is 7.13. The summed E-state index contributed by atoms with van der Waals surface area (Å²) in [6.07, 6.45) is 2.45. The van der Waals surface area contributed by atoms with Crippen molar-refractivity contribution in [2.45, 2.75) is 39.8 Å². The van der Waals surface area contributed by atoms with E-state index in [0.29, 0.717) is 27.6 Å². The lowest BCUT2D eigenvalue weighted by atomic mass is 10.0. The summed E-state index contributed by atoms with van der Waals surface area (Å²) in [5.41, 5.74) is 3.17. The van der Waals surface area contributed by atoms with Gasteiger partial charge in [-0.05, 0) is 55.7 Å². The van der Waals surface area contributed by atoms with Crippen LogP contribution in [0.25, 0.3) is 0 Å². The molecule has 4 aromatic rings. The second kappa shape index (κ2) is 10.5. The van der Waals surface area contributed by atoms with Crippen LogP contribution in [0, 0.1) is 13.8 Å². The molecule has 0 unspecified atom stereocenters. The van der Waals surface area contributed by atoms with Crippen molar-refractivity contribution < 1.29 is 14.0 Å². The molecule has 174 valence electrons. The maximum Gasteiger partial charge on any atom is 0.271 e. The summed E-state index contributed by atoms with van der Waals surface area (Å²) in [4.78, 5) is 34.2. The first kappa shape index (κ1) is 23.4. The molecule has 2 aromatic heterocycles. The Morgan fingerprint density at radius 2 is 1.76 bits per heavy atom. The van der Waals surface area contributed by atoms with Crippen LogP contribution in [-0.2, 0) is 17.8 Å². The van der Waals surface area contributed by atoms with Crippen LogP contribution in [0.15, 0.2) is 77.4 Å². The molecule has 1 N–H and O–H groups in total. The van der Waals surface area contributed by atoms with Crippen LogP contribution < -0.4 is 10.2 Å². The lowest BCUT2D eigenvalue weighted by molar-refractivity contribution is -0.122. The van der Waals surface area contributed by atoms with E-state index < -0.39 is 6.04 Å². The van der Waals surface area contributed by atoms with Crippen molar-refractivity contribution in [1.82, 2.24) is 10.3 Å². The van der Waals surface area contributed by atoms with Gasteiger partial charge in [0.15, 0.2) is 0 Å². The monoisotopic (exact) mass is 473 g/mol. The van der Waals surface area contributed by atoms with Crippen molar-refractivity contribution >= 4 is 28.8 Å². The lowest BCUT2D eigenvalue weighted by Crippen LogP contribution is -2.44. The van der Waals surface area contributed by atoms with E-state index in [1.165, 1.54) is 11.3 Å². The molecular weight excluding hydrogens is 446 g/mol. The first-order chi connectivity index (χ1) is 16.5. The summed E-state index contributed by atoms with van der Waals surface area (Å²) in [6, 6.07) is 19.8. The Balaban J connectivity index is 1.80. The van der Waals surface area contributed by atoms with Crippen LogP contribution in [0.2, 0.25) is 0 Å². The minimum absolute atomic E-state index is 0.227. The first-order valence-corrected chi connectivity index (χ1v) is 12.0. The van der Waals surface area contributed by atoms with E-state index in [-0.39, 0.29) is 18.4 Å². The third-order valence-corrected chi connectivity index (χ3v) is 6.64. The lowest BCUT2D eigenvalue weighted by Gasteiger charge is -2.31. The van der Waals surface area contributed by atoms with Crippen molar-refractivity contribution in [2.24, 2.45) is 0 Å². The zero-order chi connectivity index (χ0) is 24.1. The number of aromatic nitrogens is 1. The van der Waals surface area contributed by atoms with Crippen molar-refractivity contribution in [3.05, 3.63) is 105 Å². The second-order valence-corrected chi connectivity index (χ2v) is 9.16. The number of thiazole rings is 1. The van der Waals surface area contributed by atoms with E-state index in [1.807, 2.05) is 68.4 Å². The van der Waals surface area contributed by atoms with Crippen LogP contribution in [-0.4, -0.2) is 16.8 Å². The largest absolute Gasteiger partial charge is 0.467 e. The summed E-state index contributed by atoms with van der Waals surface area (Å²) in [5, 5.41) is 3.75. The average Bonchev–Trinajstić information content (AvgIpc) is 3.50. The highest BCUT2D eigenvalue weighted by atomic mass is 32.1. The number of carbonyl (C=O) groups excluding carboxylic acids is 2. The van der Waals surface area contributed by atoms with Crippen molar-refractivity contribution in [3.63, 3.8) is 0 Å². The Hall–Kier alpha value is -3.71. The van der Waals surface area contributed by atoms with E-state index in [1.54, 1.807) is 23.3 Å². The molecule has 6 nitrogen and oxygen atoms in total. The average molecular weight is 474 g/mol. The Morgan fingerprint density at radius 1 is 1.03 bits per heavy atom. The molecule has 2 heterocycles. The normalized spacial score (nSPS) is 11.7. The molecule has 0 aliphatic rings. The van der Waals surface area contributed by atoms with Gasteiger partial charge in [-0.25, -0.2) is 4.98 Å². The molecule has 4 rings (SSSR count). The maximum absolute atomic E-state index is 14.0. The topological polar surface area (TPSA) is 75.4 Å². The Morgan fingerprint density at radius 3 is 2.35 bits per heavy atom. The number of benzene rings is 2. The third kappa shape index (κ3) is 5.10. The molecule has 0 aliphatic carbocycles. The van der Waals surface area contributed by atoms with Crippen molar-refractivity contribution in [2.75, 3.05) is 4.90 Å². The number of hydrogen-bond acceptors (Lipinski definition) is 5. The molecule has 0 fully saturated rings. The molecule has 7 heteroatoms. The number of anilines is 1. The SMILES string of the molecule is CCc1ccc(N(C(=O)c2sc(C)nc2C)[C@H](C(=O)NCc2ccco2)c2ccccc2)cc1. The van der Waals surface area contributed by atoms with Crippen LogP contribution in [0.4, 0.5) is 5.69 Å². The van der Waals surface area contributed by atoms with Crippen LogP contribution >= 0.6 is 11.3 Å². The molecule has 0 aliphatic heterocycles. The highest BCUT2D eigenvalue weighted by Gasteiger charge is 2.35. The van der Waals surface area contributed by atoms with Gasteiger partial charge < -0.3 is 9.73 Å². The number of nitrogens with one attached hydrogen (secondary N) is 1. The number of rotatable bonds is 8. The number of furan rings is 1. The zero-order valence-corrected chi connectivity index (χ0v) is 20.3. The van der Waals surface area contributed by atoms with E-state index in [0.717, 1.165) is 17.0 Å². The van der Waals surface area contributed by atoms with Gasteiger partial charge in [-0.15, -0.1) is 11.3 Å². The molecule has 0 spiro atoms. The van der Waals surface area contributed by atoms with Crippen molar-refractivity contribution in [1.29, 1.82) is 0 Å². The van der Waals surface area contributed by atoms with E-state index in [4.69, 9.17) is 4.42 Å². The summed E-state index contributed by atoms with van der Waals surface area (Å²) in [6.45, 7) is 6.00. The number of hydrogen-bond donors (Lipinski definition) is 1. The van der Waals surface area contributed by atoms with Gasteiger partial charge >= 0.3 is 0 Å². The Labute approximate surface area is 203 Å². The molecular formula is C27H27N3O3S. The van der Waals surface area contributed by atoms with Crippen LogP contribution in [0.3, 0.4) is 0 Å². The molecule has 0 saturated heterocycles. The Kier molecular flexibility index (Phi) is 7.23. The maximum atomic E-state index is 14.0. The summed E-state index contributed by atoms with van der Waals surface area (Å²) >= 11 is 1.34. The highest BCUT2D eigenvalue weighted by Crippen LogP contribution is 2.32. The second-order valence-electron chi connectivity index (χ2n) is 7.95. The number of aryl methyl sites for hydroxylation is 3. The first-order valence-electron chi connectivity index (χ1n) is 11.2.